The number of nitrogens with one attached hydrogen (secondary N) is 1. The Bertz CT molecular complexity index is 1220. The molecule has 0 atom stereocenters. The molecule has 0 aliphatic heterocycles. The summed E-state index contributed by atoms with van der Waals surface area (Å²) in [5.74, 6) is 0.678. The van der Waals surface area contributed by atoms with Gasteiger partial charge in [-0.3, -0.25) is 4.79 Å². The summed E-state index contributed by atoms with van der Waals surface area (Å²) in [5, 5.41) is 3.71. The second-order valence-electron chi connectivity index (χ2n) is 8.57. The lowest BCUT2D eigenvalue weighted by Crippen LogP contribution is -2.56. The van der Waals surface area contributed by atoms with Crippen LogP contribution in [-0.4, -0.2) is 50.8 Å². The predicted molar refractivity (Wildman–Crippen MR) is 132 cm³/mol. The summed E-state index contributed by atoms with van der Waals surface area (Å²) < 4.78 is 21.5. The molecule has 1 aliphatic carbocycles. The first-order valence-corrected chi connectivity index (χ1v) is 11.6. The van der Waals surface area contributed by atoms with E-state index in [0.29, 0.717) is 57.8 Å². The Hall–Kier alpha value is -3.81. The molecule has 0 spiro atoms. The first-order valence-electron chi connectivity index (χ1n) is 11.6. The molecule has 35 heavy (non-hydrogen) atoms. The van der Waals surface area contributed by atoms with Crippen molar-refractivity contribution in [1.82, 2.24) is 10.3 Å². The highest BCUT2D eigenvalue weighted by Crippen LogP contribution is 2.41. The van der Waals surface area contributed by atoms with E-state index >= 15 is 0 Å². The Morgan fingerprint density at radius 1 is 0.886 bits per heavy atom. The average molecular weight is 479 g/mol. The highest BCUT2D eigenvalue weighted by molar-refractivity contribution is 6.08. The zero-order chi connectivity index (χ0) is 25.0. The Morgan fingerprint density at radius 3 is 2.14 bits per heavy atom. The van der Waals surface area contributed by atoms with Crippen molar-refractivity contribution in [3.8, 4) is 28.5 Å². The van der Waals surface area contributed by atoms with Gasteiger partial charge in [-0.15, -0.1) is 0 Å². The topological polar surface area (TPSA) is 96.0 Å². The molecule has 1 heterocycles. The lowest BCUT2D eigenvalue weighted by molar-refractivity contribution is -0.149. The summed E-state index contributed by atoms with van der Waals surface area (Å²) in [5.41, 5.74) is 1.30. The molecule has 1 saturated carbocycles. The van der Waals surface area contributed by atoms with Gasteiger partial charge in [0.15, 0.2) is 11.5 Å². The normalized spacial score (nSPS) is 14.7. The Kier molecular flexibility index (Phi) is 7.10. The maximum absolute atomic E-state index is 13.7. The third-order valence-corrected chi connectivity index (χ3v) is 6.56. The summed E-state index contributed by atoms with van der Waals surface area (Å²) in [6, 6.07) is 12.7. The van der Waals surface area contributed by atoms with Gasteiger partial charge in [-0.2, -0.15) is 0 Å². The number of hydrogen-bond donors (Lipinski definition) is 1. The molecule has 4 rings (SSSR count). The fourth-order valence-corrected chi connectivity index (χ4v) is 4.76. The van der Waals surface area contributed by atoms with E-state index in [-0.39, 0.29) is 5.91 Å². The SMILES string of the molecule is COC(=O)C1(NC(=O)c2cc(-c3cc(OC)c(OC)c(OC)c3)nc3ccccc23)CCCCC1. The molecule has 8 nitrogen and oxygen atoms in total. The van der Waals surface area contributed by atoms with Crippen molar-refractivity contribution in [2.75, 3.05) is 28.4 Å². The largest absolute Gasteiger partial charge is 0.493 e. The summed E-state index contributed by atoms with van der Waals surface area (Å²) in [6.45, 7) is 0. The fraction of sp³-hybridized carbons (Fsp3) is 0.370. The first kappa shape index (κ1) is 24.3. The number of para-hydroxylation sites is 1. The zero-order valence-electron chi connectivity index (χ0n) is 20.5. The van der Waals surface area contributed by atoms with Gasteiger partial charge in [0, 0.05) is 10.9 Å². The van der Waals surface area contributed by atoms with E-state index in [0.717, 1.165) is 19.3 Å². The van der Waals surface area contributed by atoms with Crippen LogP contribution in [0.3, 0.4) is 0 Å². The highest BCUT2D eigenvalue weighted by Gasteiger charge is 2.42. The lowest BCUT2D eigenvalue weighted by Gasteiger charge is -2.35. The van der Waals surface area contributed by atoms with Crippen LogP contribution in [0.1, 0.15) is 42.5 Å². The lowest BCUT2D eigenvalue weighted by atomic mass is 9.81. The number of carbonyl (C=O) groups excluding carboxylic acids is 2. The number of rotatable bonds is 7. The van der Waals surface area contributed by atoms with Gasteiger partial charge < -0.3 is 24.3 Å². The summed E-state index contributed by atoms with van der Waals surface area (Å²) in [4.78, 5) is 31.2. The van der Waals surface area contributed by atoms with Crippen molar-refractivity contribution in [1.29, 1.82) is 0 Å². The van der Waals surface area contributed by atoms with E-state index in [2.05, 4.69) is 5.32 Å². The van der Waals surface area contributed by atoms with Crippen LogP contribution in [0.4, 0.5) is 0 Å². The highest BCUT2D eigenvalue weighted by atomic mass is 16.5. The van der Waals surface area contributed by atoms with Crippen molar-refractivity contribution in [3.63, 3.8) is 0 Å². The monoisotopic (exact) mass is 478 g/mol. The van der Waals surface area contributed by atoms with Gasteiger partial charge in [-0.05, 0) is 37.1 Å². The number of carbonyl (C=O) groups is 2. The van der Waals surface area contributed by atoms with Gasteiger partial charge in [-0.25, -0.2) is 9.78 Å². The van der Waals surface area contributed by atoms with E-state index in [9.17, 15) is 9.59 Å². The zero-order valence-corrected chi connectivity index (χ0v) is 20.5. The van der Waals surface area contributed by atoms with Gasteiger partial charge in [0.25, 0.3) is 5.91 Å². The molecule has 0 bridgehead atoms. The molecule has 0 unspecified atom stereocenters. The van der Waals surface area contributed by atoms with Gasteiger partial charge in [0.05, 0.1) is 45.2 Å². The quantitative estimate of drug-likeness (QED) is 0.498. The standard InChI is InChI=1S/C27H30N2O6/c1-32-22-14-17(15-23(33-2)24(22)34-3)21-16-19(18-10-6-7-11-20(18)28-21)25(30)29-27(26(31)35-4)12-8-5-9-13-27/h6-7,10-11,14-16H,5,8-9,12-13H2,1-4H3,(H,29,30). The molecule has 1 fully saturated rings. The van der Waals surface area contributed by atoms with Crippen molar-refractivity contribution in [2.24, 2.45) is 0 Å². The van der Waals surface area contributed by atoms with E-state index in [1.165, 1.54) is 7.11 Å². The fourth-order valence-electron chi connectivity index (χ4n) is 4.76. The number of methoxy groups -OCH3 is 4. The summed E-state index contributed by atoms with van der Waals surface area (Å²) in [6.07, 6.45) is 3.83. The third-order valence-electron chi connectivity index (χ3n) is 6.56. The average Bonchev–Trinajstić information content (AvgIpc) is 2.91. The minimum Gasteiger partial charge on any atom is -0.493 e. The Morgan fingerprint density at radius 2 is 1.54 bits per heavy atom. The number of benzene rings is 2. The summed E-state index contributed by atoms with van der Waals surface area (Å²) >= 11 is 0. The molecule has 1 aromatic heterocycles. The molecular formula is C27H30N2O6. The van der Waals surface area contributed by atoms with Crippen LogP contribution < -0.4 is 19.5 Å². The molecule has 2 aromatic carbocycles. The van der Waals surface area contributed by atoms with Crippen molar-refractivity contribution >= 4 is 22.8 Å². The number of amides is 1. The van der Waals surface area contributed by atoms with Crippen LogP contribution in [0.2, 0.25) is 0 Å². The van der Waals surface area contributed by atoms with Crippen LogP contribution in [0.25, 0.3) is 22.2 Å². The molecule has 184 valence electrons. The first-order chi connectivity index (χ1) is 17.0. The molecular weight excluding hydrogens is 448 g/mol. The van der Waals surface area contributed by atoms with Crippen molar-refractivity contribution < 1.29 is 28.5 Å². The molecule has 0 radical (unpaired) electrons. The maximum Gasteiger partial charge on any atom is 0.331 e. The van der Waals surface area contributed by atoms with Crippen LogP contribution in [0, 0.1) is 0 Å². The molecule has 8 heteroatoms. The van der Waals surface area contributed by atoms with E-state index in [4.69, 9.17) is 23.9 Å². The van der Waals surface area contributed by atoms with Gasteiger partial charge >= 0.3 is 5.97 Å². The smallest absolute Gasteiger partial charge is 0.331 e. The van der Waals surface area contributed by atoms with E-state index in [1.807, 2.05) is 24.3 Å². The Labute approximate surface area is 204 Å². The van der Waals surface area contributed by atoms with Crippen molar-refractivity contribution in [2.45, 2.75) is 37.6 Å². The number of nitrogens with zero attached hydrogens (tertiary/aromatic N) is 1. The number of aromatic nitrogens is 1. The maximum atomic E-state index is 13.7. The van der Waals surface area contributed by atoms with Gasteiger partial charge in [-0.1, -0.05) is 37.5 Å². The summed E-state index contributed by atoms with van der Waals surface area (Å²) in [7, 11) is 5.99. The Balaban J connectivity index is 1.83. The second-order valence-corrected chi connectivity index (χ2v) is 8.57. The number of hydrogen-bond acceptors (Lipinski definition) is 7. The van der Waals surface area contributed by atoms with Gasteiger partial charge in [0.2, 0.25) is 5.75 Å². The predicted octanol–water partition coefficient (Wildman–Crippen LogP) is 4.53. The number of fused-ring (bicyclic) bond motifs is 1. The van der Waals surface area contributed by atoms with Crippen LogP contribution in [-0.2, 0) is 9.53 Å². The minimum atomic E-state index is -1.03. The second kappa shape index (κ2) is 10.2. The van der Waals surface area contributed by atoms with Crippen LogP contribution in [0.15, 0.2) is 42.5 Å². The van der Waals surface area contributed by atoms with Crippen LogP contribution >= 0.6 is 0 Å². The minimum absolute atomic E-state index is 0.343. The van der Waals surface area contributed by atoms with Crippen LogP contribution in [0.5, 0.6) is 17.2 Å². The molecule has 3 aromatic rings. The number of esters is 1. The van der Waals surface area contributed by atoms with Crippen molar-refractivity contribution in [3.05, 3.63) is 48.0 Å². The third kappa shape index (κ3) is 4.60. The molecule has 1 aliphatic rings. The van der Waals surface area contributed by atoms with Gasteiger partial charge in [0.1, 0.15) is 5.54 Å². The van der Waals surface area contributed by atoms with E-state index in [1.54, 1.807) is 39.5 Å². The number of ether oxygens (including phenoxy) is 4. The van der Waals surface area contributed by atoms with E-state index < -0.39 is 11.5 Å². The molecule has 1 amide bonds. The number of pyridine rings is 1. The molecule has 1 N–H and O–H groups in total. The molecule has 0 saturated heterocycles.